The number of thiophene rings is 1. The highest BCUT2D eigenvalue weighted by atomic mass is 32.1. The van der Waals surface area contributed by atoms with Crippen LogP contribution >= 0.6 is 11.3 Å². The molecule has 0 atom stereocenters. The fourth-order valence-corrected chi connectivity index (χ4v) is 3.35. The predicted octanol–water partition coefficient (Wildman–Crippen LogP) is 3.29. The summed E-state index contributed by atoms with van der Waals surface area (Å²) >= 11 is 1.56. The van der Waals surface area contributed by atoms with E-state index in [2.05, 4.69) is 24.3 Å². The first-order valence-electron chi connectivity index (χ1n) is 8.36. The first kappa shape index (κ1) is 17.4. The molecule has 0 spiro atoms. The van der Waals surface area contributed by atoms with Crippen LogP contribution in [0.3, 0.4) is 0 Å². The minimum Gasteiger partial charge on any atom is -0.354 e. The normalized spacial score (nSPS) is 11.2. The molecule has 5 nitrogen and oxygen atoms in total. The highest BCUT2D eigenvalue weighted by molar-refractivity contribution is 7.13. The van der Waals surface area contributed by atoms with Gasteiger partial charge in [0.2, 0.25) is 5.91 Å². The number of rotatable bonds is 6. The summed E-state index contributed by atoms with van der Waals surface area (Å²) in [5.74, 6) is 0.329. The lowest BCUT2D eigenvalue weighted by atomic mass is 10.1. The van der Waals surface area contributed by atoms with Gasteiger partial charge in [0.1, 0.15) is 12.2 Å². The van der Waals surface area contributed by atoms with Crippen LogP contribution in [0.15, 0.2) is 46.6 Å². The predicted molar refractivity (Wildman–Crippen MR) is 102 cm³/mol. The Hall–Kier alpha value is -2.47. The molecular formula is C19H21N3O2S. The molecule has 3 aromatic rings. The van der Waals surface area contributed by atoms with E-state index < -0.39 is 0 Å². The molecule has 0 radical (unpaired) electrons. The molecule has 130 valence electrons. The van der Waals surface area contributed by atoms with Crippen molar-refractivity contribution >= 4 is 28.0 Å². The highest BCUT2D eigenvalue weighted by Crippen LogP contribution is 2.28. The van der Waals surface area contributed by atoms with Gasteiger partial charge in [-0.05, 0) is 29.9 Å². The molecule has 3 rings (SSSR count). The first-order valence-corrected chi connectivity index (χ1v) is 9.24. The summed E-state index contributed by atoms with van der Waals surface area (Å²) in [4.78, 5) is 25.8. The molecule has 0 bridgehead atoms. The Morgan fingerprint density at radius 1 is 1.20 bits per heavy atom. The lowest BCUT2D eigenvalue weighted by Crippen LogP contribution is -2.34. The number of aromatic nitrogens is 2. The third kappa shape index (κ3) is 3.96. The summed E-state index contributed by atoms with van der Waals surface area (Å²) in [5, 5.41) is 10.7. The zero-order valence-electron chi connectivity index (χ0n) is 14.4. The van der Waals surface area contributed by atoms with E-state index in [9.17, 15) is 9.59 Å². The second-order valence-corrected chi connectivity index (χ2v) is 7.31. The van der Waals surface area contributed by atoms with Gasteiger partial charge in [-0.3, -0.25) is 9.59 Å². The van der Waals surface area contributed by atoms with E-state index in [1.54, 1.807) is 17.4 Å². The van der Waals surface area contributed by atoms with Crippen molar-refractivity contribution in [1.29, 1.82) is 0 Å². The van der Waals surface area contributed by atoms with Crippen LogP contribution in [0.25, 0.3) is 21.3 Å². The van der Waals surface area contributed by atoms with Gasteiger partial charge in [-0.1, -0.05) is 38.1 Å². The van der Waals surface area contributed by atoms with Crippen LogP contribution in [0.1, 0.15) is 20.3 Å². The number of benzene rings is 1. The van der Waals surface area contributed by atoms with Crippen LogP contribution in [-0.2, 0) is 11.3 Å². The summed E-state index contributed by atoms with van der Waals surface area (Å²) in [6, 6.07) is 11.3. The minimum absolute atomic E-state index is 0.0693. The number of fused-ring (bicyclic) bond motifs is 1. The summed E-state index contributed by atoms with van der Waals surface area (Å²) in [6.45, 7) is 4.75. The number of amides is 1. The number of nitrogens with zero attached hydrogens (tertiary/aromatic N) is 2. The number of nitrogens with one attached hydrogen (secondary N) is 1. The third-order valence-electron chi connectivity index (χ3n) is 3.96. The summed E-state index contributed by atoms with van der Waals surface area (Å²) < 4.78 is 1.27. The lowest BCUT2D eigenvalue weighted by molar-refractivity contribution is -0.121. The molecule has 1 aromatic carbocycles. The number of carbonyl (C=O) groups is 1. The number of carbonyl (C=O) groups excluding carboxylic acids is 1. The zero-order valence-corrected chi connectivity index (χ0v) is 15.2. The van der Waals surface area contributed by atoms with Crippen molar-refractivity contribution in [1.82, 2.24) is 15.1 Å². The molecule has 0 aliphatic carbocycles. The van der Waals surface area contributed by atoms with E-state index in [1.807, 2.05) is 35.7 Å². The van der Waals surface area contributed by atoms with Gasteiger partial charge in [0.15, 0.2) is 0 Å². The van der Waals surface area contributed by atoms with Crippen molar-refractivity contribution in [2.45, 2.75) is 26.8 Å². The molecule has 2 aromatic heterocycles. The quantitative estimate of drug-likeness (QED) is 0.738. The summed E-state index contributed by atoms with van der Waals surface area (Å²) in [7, 11) is 0. The van der Waals surface area contributed by atoms with E-state index in [1.165, 1.54) is 4.68 Å². The molecule has 1 N–H and O–H groups in total. The molecule has 0 saturated carbocycles. The van der Waals surface area contributed by atoms with Crippen LogP contribution < -0.4 is 10.9 Å². The van der Waals surface area contributed by atoms with Gasteiger partial charge in [0.05, 0.1) is 10.3 Å². The topological polar surface area (TPSA) is 64.0 Å². The van der Waals surface area contributed by atoms with Gasteiger partial charge in [0, 0.05) is 11.9 Å². The first-order chi connectivity index (χ1) is 12.1. The van der Waals surface area contributed by atoms with Gasteiger partial charge in [-0.2, -0.15) is 5.10 Å². The Bertz CT molecular complexity index is 929. The SMILES string of the molecule is CC(C)CCNC(=O)Cn1nc(-c2cccs2)c2ccccc2c1=O. The minimum atomic E-state index is -0.241. The fourth-order valence-electron chi connectivity index (χ4n) is 2.63. The lowest BCUT2D eigenvalue weighted by Gasteiger charge is -2.11. The standard InChI is InChI=1S/C19H21N3O2S/c1-13(2)9-10-20-17(23)12-22-19(24)15-7-4-3-6-14(15)18(21-22)16-8-5-11-25-16/h3-8,11,13H,9-10,12H2,1-2H3,(H,20,23). The van der Waals surface area contributed by atoms with Gasteiger partial charge in [-0.15, -0.1) is 11.3 Å². The average molecular weight is 355 g/mol. The van der Waals surface area contributed by atoms with E-state index in [0.717, 1.165) is 22.4 Å². The molecule has 2 heterocycles. The van der Waals surface area contributed by atoms with Gasteiger partial charge in [-0.25, -0.2) is 4.68 Å². The van der Waals surface area contributed by atoms with Crippen LogP contribution in [0.5, 0.6) is 0 Å². The second kappa shape index (κ2) is 7.61. The largest absolute Gasteiger partial charge is 0.354 e. The second-order valence-electron chi connectivity index (χ2n) is 6.37. The maximum absolute atomic E-state index is 12.7. The van der Waals surface area contributed by atoms with Crippen molar-refractivity contribution in [2.24, 2.45) is 5.92 Å². The van der Waals surface area contributed by atoms with Crippen LogP contribution in [0.4, 0.5) is 0 Å². The van der Waals surface area contributed by atoms with Crippen LogP contribution in [-0.4, -0.2) is 22.2 Å². The maximum atomic E-state index is 12.7. The average Bonchev–Trinajstić information content (AvgIpc) is 3.11. The highest BCUT2D eigenvalue weighted by Gasteiger charge is 2.14. The van der Waals surface area contributed by atoms with Gasteiger partial charge >= 0.3 is 0 Å². The van der Waals surface area contributed by atoms with Crippen LogP contribution in [0.2, 0.25) is 0 Å². The van der Waals surface area contributed by atoms with Gasteiger partial charge < -0.3 is 5.32 Å². The van der Waals surface area contributed by atoms with Crippen molar-refractivity contribution in [3.63, 3.8) is 0 Å². The number of hydrogen-bond acceptors (Lipinski definition) is 4. The molecule has 0 aliphatic rings. The van der Waals surface area contributed by atoms with E-state index in [4.69, 9.17) is 0 Å². The van der Waals surface area contributed by atoms with Crippen molar-refractivity contribution < 1.29 is 4.79 Å². The van der Waals surface area contributed by atoms with Gasteiger partial charge in [0.25, 0.3) is 5.56 Å². The Morgan fingerprint density at radius 2 is 1.96 bits per heavy atom. The molecule has 0 fully saturated rings. The number of hydrogen-bond donors (Lipinski definition) is 1. The zero-order chi connectivity index (χ0) is 17.8. The maximum Gasteiger partial charge on any atom is 0.275 e. The summed E-state index contributed by atoms with van der Waals surface area (Å²) in [6.07, 6.45) is 0.909. The molecule has 0 unspecified atom stereocenters. The Kier molecular flexibility index (Phi) is 5.28. The molecule has 1 amide bonds. The molecule has 6 heteroatoms. The van der Waals surface area contributed by atoms with E-state index in [-0.39, 0.29) is 18.0 Å². The Morgan fingerprint density at radius 3 is 2.64 bits per heavy atom. The smallest absolute Gasteiger partial charge is 0.275 e. The van der Waals surface area contributed by atoms with Crippen molar-refractivity contribution in [3.8, 4) is 10.6 Å². The molecule has 25 heavy (non-hydrogen) atoms. The molecule has 0 aliphatic heterocycles. The molecular weight excluding hydrogens is 334 g/mol. The monoisotopic (exact) mass is 355 g/mol. The molecule has 0 saturated heterocycles. The van der Waals surface area contributed by atoms with Crippen molar-refractivity contribution in [2.75, 3.05) is 6.54 Å². The van der Waals surface area contributed by atoms with Crippen LogP contribution in [0, 0.1) is 5.92 Å². The fraction of sp³-hybridized carbons (Fsp3) is 0.316. The third-order valence-corrected chi connectivity index (χ3v) is 4.84. The van der Waals surface area contributed by atoms with E-state index in [0.29, 0.717) is 17.8 Å². The Labute approximate surface area is 150 Å². The van der Waals surface area contributed by atoms with E-state index >= 15 is 0 Å². The summed E-state index contributed by atoms with van der Waals surface area (Å²) in [5.41, 5.74) is 0.495. The Balaban J connectivity index is 1.95. The van der Waals surface area contributed by atoms with Crippen molar-refractivity contribution in [3.05, 3.63) is 52.1 Å².